The van der Waals surface area contributed by atoms with E-state index in [1.807, 2.05) is 12.1 Å². The van der Waals surface area contributed by atoms with Gasteiger partial charge in [-0.1, -0.05) is 0 Å². The second-order valence-electron chi connectivity index (χ2n) is 7.00. The summed E-state index contributed by atoms with van der Waals surface area (Å²) in [6.45, 7) is 0.277. The maximum Gasteiger partial charge on any atom is 0.418 e. The summed E-state index contributed by atoms with van der Waals surface area (Å²) in [6, 6.07) is 2.13. The molecule has 0 spiro atoms. The van der Waals surface area contributed by atoms with Gasteiger partial charge in [0.1, 0.15) is 6.04 Å². The van der Waals surface area contributed by atoms with E-state index in [2.05, 4.69) is 14.6 Å². The van der Waals surface area contributed by atoms with Crippen LogP contribution in [0.3, 0.4) is 0 Å². The number of nitrogens with zero attached hydrogens (tertiary/aromatic N) is 3. The van der Waals surface area contributed by atoms with Crippen molar-refractivity contribution < 1.29 is 36.4 Å². The Kier molecular flexibility index (Phi) is 5.85. The molecule has 2 aromatic heterocycles. The number of urea groups is 1. The minimum atomic E-state index is -4.99. The number of hydroxylamine groups is 2. The average molecular weight is 482 g/mol. The van der Waals surface area contributed by atoms with Gasteiger partial charge in [0.2, 0.25) is 0 Å². The Morgan fingerprint density at radius 1 is 1.34 bits per heavy atom. The van der Waals surface area contributed by atoms with Crippen LogP contribution in [-0.4, -0.2) is 66.0 Å². The molecule has 0 radical (unpaired) electrons. The van der Waals surface area contributed by atoms with Crippen LogP contribution in [0.5, 0.6) is 0 Å². The number of esters is 1. The number of thiophene rings is 1. The number of nitrogens with one attached hydrogen (secondary N) is 1. The predicted octanol–water partition coefficient (Wildman–Crippen LogP) is 0.856. The molecule has 4 rings (SSSR count). The molecule has 170 valence electrons. The SMILES string of the molecule is COC(=O)C1c2sc(C(=O)NCCc3ccncc3)cc2C2CN1C(=O)N2OS(=O)(=O)O. The highest BCUT2D eigenvalue weighted by Gasteiger charge is 2.53. The van der Waals surface area contributed by atoms with E-state index >= 15 is 0 Å². The number of amides is 3. The van der Waals surface area contributed by atoms with E-state index in [1.54, 1.807) is 12.4 Å². The first-order chi connectivity index (χ1) is 15.2. The van der Waals surface area contributed by atoms with E-state index in [0.717, 1.165) is 28.9 Å². The second kappa shape index (κ2) is 8.46. The van der Waals surface area contributed by atoms with Gasteiger partial charge in [-0.25, -0.2) is 9.59 Å². The van der Waals surface area contributed by atoms with Crippen LogP contribution in [0.1, 0.15) is 37.8 Å². The number of ether oxygens (including phenoxy) is 1. The van der Waals surface area contributed by atoms with Gasteiger partial charge < -0.3 is 15.0 Å². The quantitative estimate of drug-likeness (QED) is 0.432. The van der Waals surface area contributed by atoms with Crippen LogP contribution in [-0.2, 0) is 30.6 Å². The number of hydrogen-bond acceptors (Lipinski definition) is 9. The van der Waals surface area contributed by atoms with Crippen LogP contribution in [0.15, 0.2) is 30.6 Å². The zero-order valence-corrected chi connectivity index (χ0v) is 18.3. The molecule has 2 atom stereocenters. The summed E-state index contributed by atoms with van der Waals surface area (Å²) in [5.41, 5.74) is 1.37. The normalized spacial score (nSPS) is 19.6. The highest BCUT2D eigenvalue weighted by molar-refractivity contribution is 7.80. The topological polar surface area (TPSA) is 155 Å². The summed E-state index contributed by atoms with van der Waals surface area (Å²) < 4.78 is 40.7. The van der Waals surface area contributed by atoms with Crippen LogP contribution in [0.4, 0.5) is 4.79 Å². The molecule has 1 saturated heterocycles. The van der Waals surface area contributed by atoms with Crippen molar-refractivity contribution in [3.8, 4) is 0 Å². The molecule has 0 aromatic carbocycles. The number of hydrogen-bond donors (Lipinski definition) is 2. The van der Waals surface area contributed by atoms with E-state index in [4.69, 9.17) is 9.29 Å². The molecular weight excluding hydrogens is 464 g/mol. The molecule has 32 heavy (non-hydrogen) atoms. The summed E-state index contributed by atoms with van der Waals surface area (Å²) >= 11 is 1.00. The minimum absolute atomic E-state index is 0.0824. The minimum Gasteiger partial charge on any atom is -0.467 e. The molecule has 2 aromatic rings. The highest BCUT2D eigenvalue weighted by atomic mass is 32.3. The Morgan fingerprint density at radius 2 is 2.06 bits per heavy atom. The van der Waals surface area contributed by atoms with Gasteiger partial charge in [-0.05, 0) is 35.7 Å². The zero-order valence-electron chi connectivity index (χ0n) is 16.6. The molecule has 0 saturated carbocycles. The van der Waals surface area contributed by atoms with E-state index < -0.39 is 34.5 Å². The lowest BCUT2D eigenvalue weighted by molar-refractivity contribution is -0.146. The maximum atomic E-state index is 12.7. The first-order valence-corrected chi connectivity index (χ1v) is 11.5. The summed E-state index contributed by atoms with van der Waals surface area (Å²) in [5, 5.41) is 3.27. The Labute approximate surface area is 186 Å². The van der Waals surface area contributed by atoms with Gasteiger partial charge in [-0.3, -0.25) is 14.3 Å². The van der Waals surface area contributed by atoms with E-state index in [9.17, 15) is 22.8 Å². The molecule has 4 heterocycles. The summed E-state index contributed by atoms with van der Waals surface area (Å²) in [7, 11) is -3.84. The molecular formula is C18H18N4O8S2. The molecule has 2 N–H and O–H groups in total. The van der Waals surface area contributed by atoms with Gasteiger partial charge in [0.05, 0.1) is 18.5 Å². The number of carbonyl (C=O) groups excluding carboxylic acids is 3. The maximum absolute atomic E-state index is 12.7. The van der Waals surface area contributed by atoms with Gasteiger partial charge in [0, 0.05) is 23.8 Å². The van der Waals surface area contributed by atoms with Crippen molar-refractivity contribution in [1.82, 2.24) is 20.3 Å². The Hall–Kier alpha value is -3.07. The number of fused-ring (bicyclic) bond motifs is 4. The molecule has 2 bridgehead atoms. The molecule has 3 amide bonds. The molecule has 12 nitrogen and oxygen atoms in total. The fourth-order valence-corrected chi connectivity index (χ4v) is 5.28. The van der Waals surface area contributed by atoms with Crippen molar-refractivity contribution >= 4 is 39.6 Å². The predicted molar refractivity (Wildman–Crippen MR) is 109 cm³/mol. The molecule has 2 aliphatic rings. The number of pyridine rings is 1. The fraction of sp³-hybridized carbons (Fsp3) is 0.333. The number of aromatic nitrogens is 1. The summed E-state index contributed by atoms with van der Waals surface area (Å²) in [4.78, 5) is 43.4. The lowest BCUT2D eigenvalue weighted by Crippen LogP contribution is -2.38. The van der Waals surface area contributed by atoms with Crippen LogP contribution in [0.25, 0.3) is 0 Å². The molecule has 0 aliphatic carbocycles. The fourth-order valence-electron chi connectivity index (χ4n) is 3.67. The van der Waals surface area contributed by atoms with Gasteiger partial charge in [0.15, 0.2) is 6.04 Å². The van der Waals surface area contributed by atoms with Crippen LogP contribution in [0, 0.1) is 0 Å². The largest absolute Gasteiger partial charge is 0.467 e. The van der Waals surface area contributed by atoms with Crippen molar-refractivity contribution in [3.05, 3.63) is 51.5 Å². The second-order valence-corrected chi connectivity index (χ2v) is 9.08. The van der Waals surface area contributed by atoms with Crippen molar-refractivity contribution in [2.24, 2.45) is 0 Å². The van der Waals surface area contributed by atoms with Crippen molar-refractivity contribution in [2.45, 2.75) is 18.5 Å². The lowest BCUT2D eigenvalue weighted by Gasteiger charge is -2.28. The third-order valence-corrected chi connectivity index (χ3v) is 6.62. The van der Waals surface area contributed by atoms with Crippen molar-refractivity contribution in [2.75, 3.05) is 20.2 Å². The summed E-state index contributed by atoms with van der Waals surface area (Å²) in [5.74, 6) is -1.14. The Bertz CT molecular complexity index is 1170. The van der Waals surface area contributed by atoms with Gasteiger partial charge >= 0.3 is 22.4 Å². The van der Waals surface area contributed by atoms with Crippen LogP contribution >= 0.6 is 11.3 Å². The number of rotatable bonds is 7. The molecule has 2 unspecified atom stereocenters. The molecule has 14 heteroatoms. The first-order valence-electron chi connectivity index (χ1n) is 9.35. The molecule has 2 aliphatic heterocycles. The monoisotopic (exact) mass is 482 g/mol. The average Bonchev–Trinajstić information content (AvgIpc) is 3.30. The van der Waals surface area contributed by atoms with Crippen LogP contribution in [0.2, 0.25) is 0 Å². The number of carbonyl (C=O) groups is 3. The third kappa shape index (κ3) is 4.17. The Balaban J connectivity index is 1.59. The van der Waals surface area contributed by atoms with Gasteiger partial charge in [-0.15, -0.1) is 15.6 Å². The van der Waals surface area contributed by atoms with E-state index in [0.29, 0.717) is 28.5 Å². The standard InChI is InChI=1S/C18H18N4O8S2/c1-29-17(24)14-15-11(12-9-21(14)18(25)22(12)30-32(26,27)28)8-13(31-15)16(23)20-7-4-10-2-5-19-6-3-10/h2-3,5-6,8,12,14H,4,7,9H2,1H3,(H,20,23)(H,26,27,28). The molecule has 1 fully saturated rings. The zero-order chi connectivity index (χ0) is 23.0. The Morgan fingerprint density at radius 3 is 2.72 bits per heavy atom. The van der Waals surface area contributed by atoms with Gasteiger partial charge in [0.25, 0.3) is 5.91 Å². The van der Waals surface area contributed by atoms with E-state index in [-0.39, 0.29) is 17.3 Å². The van der Waals surface area contributed by atoms with Crippen LogP contribution < -0.4 is 5.32 Å². The van der Waals surface area contributed by atoms with Crippen molar-refractivity contribution in [1.29, 1.82) is 0 Å². The first kappa shape index (κ1) is 22.1. The summed E-state index contributed by atoms with van der Waals surface area (Å²) in [6.07, 6.45) is 3.90. The van der Waals surface area contributed by atoms with Gasteiger partial charge in [-0.2, -0.15) is 13.5 Å². The number of methoxy groups -OCH3 is 1. The smallest absolute Gasteiger partial charge is 0.418 e. The lowest BCUT2D eigenvalue weighted by atomic mass is 9.99. The third-order valence-electron chi connectivity index (χ3n) is 5.07. The highest BCUT2D eigenvalue weighted by Crippen LogP contribution is 2.48. The van der Waals surface area contributed by atoms with Crippen molar-refractivity contribution in [3.63, 3.8) is 0 Å². The van der Waals surface area contributed by atoms with E-state index in [1.165, 1.54) is 6.07 Å².